The fourth-order valence-electron chi connectivity index (χ4n) is 4.40. The molecule has 0 spiro atoms. The molecule has 4 fully saturated rings. The molecule has 0 aliphatic carbocycles. The van der Waals surface area contributed by atoms with Crippen molar-refractivity contribution in [1.29, 1.82) is 0 Å². The Morgan fingerprint density at radius 2 is 2.09 bits per heavy atom. The van der Waals surface area contributed by atoms with Gasteiger partial charge in [-0.3, -0.25) is 0 Å². The number of hydrogen-bond donors (Lipinski definition) is 4. The molecular formula is C17H32N4OS+2. The van der Waals surface area contributed by atoms with E-state index in [0.29, 0.717) is 0 Å². The summed E-state index contributed by atoms with van der Waals surface area (Å²) in [6.45, 7) is 13.7. The quantitative estimate of drug-likeness (QED) is 0.329. The van der Waals surface area contributed by atoms with E-state index in [9.17, 15) is 0 Å². The molecule has 4 heterocycles. The number of ether oxygens (including phenoxy) is 1. The monoisotopic (exact) mass is 340 g/mol. The van der Waals surface area contributed by atoms with Crippen LogP contribution >= 0.6 is 12.2 Å². The lowest BCUT2D eigenvalue weighted by Crippen LogP contribution is -3.20. The van der Waals surface area contributed by atoms with E-state index >= 15 is 0 Å². The summed E-state index contributed by atoms with van der Waals surface area (Å²) in [4.78, 5) is 3.35. The Bertz CT molecular complexity index is 413. The second-order valence-corrected chi connectivity index (χ2v) is 7.65. The van der Waals surface area contributed by atoms with Crippen molar-refractivity contribution >= 4 is 17.3 Å². The van der Waals surface area contributed by atoms with Gasteiger partial charge in [-0.25, -0.2) is 0 Å². The number of hydrogen-bond acceptors (Lipinski definition) is 2. The highest BCUT2D eigenvalue weighted by atomic mass is 32.1. The first kappa shape index (κ1) is 17.1. The fraction of sp³-hybridized carbons (Fsp3) is 0.824. The lowest BCUT2D eigenvalue weighted by Gasteiger charge is -2.46. The number of piperidine rings is 3. The molecule has 130 valence electrons. The molecule has 4 rings (SSSR count). The first-order valence-corrected chi connectivity index (χ1v) is 9.57. The van der Waals surface area contributed by atoms with Gasteiger partial charge >= 0.3 is 0 Å². The van der Waals surface area contributed by atoms with Gasteiger partial charge in [0.05, 0.1) is 45.9 Å². The average Bonchev–Trinajstić information content (AvgIpc) is 2.61. The number of thiocarbonyl (C=S) groups is 1. The van der Waals surface area contributed by atoms with Crippen LogP contribution in [-0.4, -0.2) is 70.2 Å². The van der Waals surface area contributed by atoms with Gasteiger partial charge in [0, 0.05) is 18.8 Å². The smallest absolute Gasteiger partial charge is 0.166 e. The van der Waals surface area contributed by atoms with Crippen molar-refractivity contribution in [1.82, 2.24) is 10.6 Å². The molecule has 4 atom stereocenters. The Morgan fingerprint density at radius 3 is 2.78 bits per heavy atom. The fourth-order valence-corrected chi connectivity index (χ4v) is 4.58. The second-order valence-electron chi connectivity index (χ2n) is 7.24. The molecule has 0 radical (unpaired) electrons. The van der Waals surface area contributed by atoms with Crippen molar-refractivity contribution < 1.29 is 14.5 Å². The molecule has 4 aliphatic heterocycles. The molecule has 4 N–H and O–H groups in total. The van der Waals surface area contributed by atoms with Crippen molar-refractivity contribution in [2.24, 2.45) is 11.8 Å². The SMILES string of the molecule is C=C[C@H]1C[NH+]2CC[C@@H]1C[C@@H]2CNC(=S)NCC[NH+]1CCOCC1. The summed E-state index contributed by atoms with van der Waals surface area (Å²) in [6, 6.07) is 0.717. The van der Waals surface area contributed by atoms with Gasteiger partial charge in [0.2, 0.25) is 0 Å². The normalized spacial score (nSPS) is 34.1. The van der Waals surface area contributed by atoms with Gasteiger partial charge in [-0.05, 0) is 18.1 Å². The largest absolute Gasteiger partial charge is 0.370 e. The molecular weight excluding hydrogens is 308 g/mol. The number of fused-ring (bicyclic) bond motifs is 3. The lowest BCUT2D eigenvalue weighted by atomic mass is 9.76. The maximum absolute atomic E-state index is 5.44. The van der Waals surface area contributed by atoms with Crippen LogP contribution in [0.3, 0.4) is 0 Å². The Hall–Kier alpha value is -0.690. The molecule has 6 heteroatoms. The van der Waals surface area contributed by atoms with Crippen LogP contribution in [0.15, 0.2) is 12.7 Å². The van der Waals surface area contributed by atoms with Crippen LogP contribution in [-0.2, 0) is 4.74 Å². The van der Waals surface area contributed by atoms with Crippen LogP contribution in [0.1, 0.15) is 12.8 Å². The number of rotatable bonds is 6. The van der Waals surface area contributed by atoms with Gasteiger partial charge < -0.3 is 25.2 Å². The zero-order chi connectivity index (χ0) is 16.1. The molecule has 23 heavy (non-hydrogen) atoms. The standard InChI is InChI=1S/C17H30N4OS/c1-2-14-13-21-5-3-15(14)11-16(21)12-19-17(23)18-4-6-20-7-9-22-10-8-20/h2,14-16H,1,3-13H2,(H2,18,19,23)/p+2/t14-,15+,16+/m0/s1. The summed E-state index contributed by atoms with van der Waals surface area (Å²) in [5.41, 5.74) is 0. The third-order valence-corrected chi connectivity index (χ3v) is 6.17. The summed E-state index contributed by atoms with van der Waals surface area (Å²) in [7, 11) is 0. The zero-order valence-corrected chi connectivity index (χ0v) is 14.9. The predicted molar refractivity (Wildman–Crippen MR) is 95.9 cm³/mol. The third kappa shape index (κ3) is 4.66. The van der Waals surface area contributed by atoms with Gasteiger partial charge in [0.1, 0.15) is 19.1 Å². The molecule has 0 aromatic carbocycles. The molecule has 4 aliphatic rings. The Labute approximate surface area is 145 Å². The molecule has 0 saturated carbocycles. The van der Waals surface area contributed by atoms with Crippen molar-refractivity contribution in [3.63, 3.8) is 0 Å². The minimum Gasteiger partial charge on any atom is -0.370 e. The highest BCUT2D eigenvalue weighted by Crippen LogP contribution is 2.27. The van der Waals surface area contributed by atoms with Crippen LogP contribution in [0, 0.1) is 11.8 Å². The summed E-state index contributed by atoms with van der Waals surface area (Å²) < 4.78 is 5.38. The Balaban J connectivity index is 1.31. The van der Waals surface area contributed by atoms with Crippen molar-refractivity contribution in [3.8, 4) is 0 Å². The van der Waals surface area contributed by atoms with Crippen LogP contribution in [0.2, 0.25) is 0 Å². The zero-order valence-electron chi connectivity index (χ0n) is 14.1. The van der Waals surface area contributed by atoms with Crippen molar-refractivity contribution in [2.45, 2.75) is 18.9 Å². The third-order valence-electron chi connectivity index (χ3n) is 5.88. The van der Waals surface area contributed by atoms with Crippen LogP contribution in [0.4, 0.5) is 0 Å². The van der Waals surface area contributed by atoms with Gasteiger partial charge in [-0.2, -0.15) is 0 Å². The summed E-state index contributed by atoms with van der Waals surface area (Å²) in [5.74, 6) is 1.58. The van der Waals surface area contributed by atoms with E-state index in [1.165, 1.54) is 25.9 Å². The van der Waals surface area contributed by atoms with E-state index in [1.54, 1.807) is 9.80 Å². The first-order chi connectivity index (χ1) is 11.3. The molecule has 0 amide bonds. The van der Waals surface area contributed by atoms with Crippen molar-refractivity contribution in [2.75, 3.05) is 59.0 Å². The van der Waals surface area contributed by atoms with Crippen LogP contribution in [0.25, 0.3) is 0 Å². The van der Waals surface area contributed by atoms with Crippen LogP contribution in [0.5, 0.6) is 0 Å². The van der Waals surface area contributed by atoms with E-state index in [1.807, 2.05) is 0 Å². The van der Waals surface area contributed by atoms with E-state index in [-0.39, 0.29) is 0 Å². The van der Waals surface area contributed by atoms with Gasteiger partial charge in [-0.1, -0.05) is 6.08 Å². The minimum absolute atomic E-state index is 0.717. The predicted octanol–water partition coefficient (Wildman–Crippen LogP) is -2.16. The van der Waals surface area contributed by atoms with Crippen molar-refractivity contribution in [3.05, 3.63) is 12.7 Å². The Kier molecular flexibility index (Phi) is 6.28. The van der Waals surface area contributed by atoms with E-state index in [4.69, 9.17) is 17.0 Å². The molecule has 1 unspecified atom stereocenters. The number of nitrogens with one attached hydrogen (secondary N) is 4. The first-order valence-electron chi connectivity index (χ1n) is 9.16. The number of quaternary nitrogens is 2. The summed E-state index contributed by atoms with van der Waals surface area (Å²) >= 11 is 5.44. The topological polar surface area (TPSA) is 42.2 Å². The molecule has 0 aromatic heterocycles. The number of morpholine rings is 1. The van der Waals surface area contributed by atoms with Gasteiger partial charge in [0.25, 0.3) is 0 Å². The van der Waals surface area contributed by atoms with Gasteiger partial charge in [0.15, 0.2) is 5.11 Å². The van der Waals surface area contributed by atoms with E-state index < -0.39 is 0 Å². The van der Waals surface area contributed by atoms with Gasteiger partial charge in [-0.15, -0.1) is 6.58 Å². The Morgan fingerprint density at radius 1 is 1.26 bits per heavy atom. The maximum Gasteiger partial charge on any atom is 0.166 e. The van der Waals surface area contributed by atoms with E-state index in [2.05, 4.69) is 23.3 Å². The average molecular weight is 341 g/mol. The molecule has 5 nitrogen and oxygen atoms in total. The minimum atomic E-state index is 0.717. The molecule has 0 aromatic rings. The maximum atomic E-state index is 5.44. The summed E-state index contributed by atoms with van der Waals surface area (Å²) in [5, 5.41) is 7.63. The molecule has 4 saturated heterocycles. The van der Waals surface area contributed by atoms with E-state index in [0.717, 1.165) is 68.9 Å². The highest BCUT2D eigenvalue weighted by molar-refractivity contribution is 7.80. The lowest BCUT2D eigenvalue weighted by molar-refractivity contribution is -0.944. The second kappa shape index (κ2) is 8.42. The summed E-state index contributed by atoms with van der Waals surface area (Å²) in [6.07, 6.45) is 4.86. The molecule has 2 bridgehead atoms. The highest BCUT2D eigenvalue weighted by Gasteiger charge is 2.41. The van der Waals surface area contributed by atoms with Crippen LogP contribution < -0.4 is 20.4 Å².